The van der Waals surface area contributed by atoms with Crippen LogP contribution in [-0.2, 0) is 4.74 Å². The van der Waals surface area contributed by atoms with Gasteiger partial charge in [0.1, 0.15) is 36.6 Å². The Labute approximate surface area is 96.5 Å². The molecule has 5 N–H and O–H groups in total. The van der Waals surface area contributed by atoms with Crippen molar-refractivity contribution < 1.29 is 30.3 Å². The summed E-state index contributed by atoms with van der Waals surface area (Å²) in [6.45, 7) is -0.0977. The molecule has 9 nitrogen and oxygen atoms in total. The van der Waals surface area contributed by atoms with Crippen LogP contribution < -0.4 is 0 Å². The first kappa shape index (κ1) is 14.1. The molecule has 1 saturated carbocycles. The van der Waals surface area contributed by atoms with Gasteiger partial charge >= 0.3 is 0 Å². The minimum Gasteiger partial charge on any atom is -0.387 e. The summed E-state index contributed by atoms with van der Waals surface area (Å²) in [4.78, 5) is 2.48. The van der Waals surface area contributed by atoms with Crippen LogP contribution in [0.15, 0.2) is 5.11 Å². The topological polar surface area (TPSA) is 159 Å². The number of aliphatic hydroxyl groups is 5. The smallest absolute Gasteiger partial charge is 0.114 e. The molecular weight excluding hydrogens is 234 g/mol. The standard InChI is InChI=1S/C8H15N3O6/c9-11-10-1-2-17-8-6(15)4(13)3(12)5(14)7(8)16/h3-8,12-16H,1-2H2/t3?,4-,5-,6-,7+,8?/m1/s1. The average Bonchev–Trinajstić information content (AvgIpc) is 2.33. The Morgan fingerprint density at radius 3 is 1.88 bits per heavy atom. The second-order valence-electron chi connectivity index (χ2n) is 3.74. The summed E-state index contributed by atoms with van der Waals surface area (Å²) in [5.74, 6) is 0. The van der Waals surface area contributed by atoms with E-state index >= 15 is 0 Å². The van der Waals surface area contributed by atoms with Crippen molar-refractivity contribution in [3.05, 3.63) is 10.4 Å². The van der Waals surface area contributed by atoms with Crippen LogP contribution in [0.25, 0.3) is 10.4 Å². The lowest BCUT2D eigenvalue weighted by atomic mass is 9.85. The monoisotopic (exact) mass is 249 g/mol. The summed E-state index contributed by atoms with van der Waals surface area (Å²) >= 11 is 0. The maximum Gasteiger partial charge on any atom is 0.114 e. The highest BCUT2D eigenvalue weighted by Gasteiger charge is 2.48. The van der Waals surface area contributed by atoms with Gasteiger partial charge in [-0.25, -0.2) is 0 Å². The van der Waals surface area contributed by atoms with Crippen LogP contribution >= 0.6 is 0 Å². The third-order valence-corrected chi connectivity index (χ3v) is 2.64. The number of rotatable bonds is 4. The molecule has 2 unspecified atom stereocenters. The molecule has 6 atom stereocenters. The first-order chi connectivity index (χ1) is 8.00. The molecular formula is C8H15N3O6. The van der Waals surface area contributed by atoms with Gasteiger partial charge in [0.15, 0.2) is 0 Å². The van der Waals surface area contributed by atoms with Gasteiger partial charge in [0.25, 0.3) is 0 Å². The summed E-state index contributed by atoms with van der Waals surface area (Å²) in [6, 6.07) is 0. The van der Waals surface area contributed by atoms with Gasteiger partial charge in [0.05, 0.1) is 6.61 Å². The van der Waals surface area contributed by atoms with Gasteiger partial charge in [-0.15, -0.1) is 0 Å². The highest BCUT2D eigenvalue weighted by atomic mass is 16.5. The Balaban J connectivity index is 2.59. The van der Waals surface area contributed by atoms with Crippen molar-refractivity contribution in [3.63, 3.8) is 0 Å². The van der Waals surface area contributed by atoms with Crippen molar-refractivity contribution in [2.75, 3.05) is 13.2 Å². The number of azide groups is 1. The molecule has 0 amide bonds. The number of aliphatic hydroxyl groups excluding tert-OH is 5. The number of nitrogens with zero attached hydrogens (tertiary/aromatic N) is 3. The molecule has 0 aliphatic heterocycles. The molecule has 1 aliphatic rings. The van der Waals surface area contributed by atoms with Gasteiger partial charge in [0, 0.05) is 11.5 Å². The Morgan fingerprint density at radius 2 is 1.41 bits per heavy atom. The molecule has 0 aromatic carbocycles. The molecule has 0 aromatic heterocycles. The molecule has 0 aromatic rings. The van der Waals surface area contributed by atoms with Crippen LogP contribution in [0.4, 0.5) is 0 Å². The zero-order chi connectivity index (χ0) is 13.0. The van der Waals surface area contributed by atoms with Crippen molar-refractivity contribution in [3.8, 4) is 0 Å². The van der Waals surface area contributed by atoms with Crippen LogP contribution in [0.3, 0.4) is 0 Å². The Hall–Kier alpha value is -0.930. The van der Waals surface area contributed by atoms with E-state index in [1.54, 1.807) is 0 Å². The minimum atomic E-state index is -1.64. The normalized spacial score (nSPS) is 41.9. The van der Waals surface area contributed by atoms with E-state index in [9.17, 15) is 25.5 Å². The van der Waals surface area contributed by atoms with E-state index in [0.29, 0.717) is 0 Å². The van der Waals surface area contributed by atoms with Crippen LogP contribution in [0.2, 0.25) is 0 Å². The largest absolute Gasteiger partial charge is 0.387 e. The maximum atomic E-state index is 9.54. The lowest BCUT2D eigenvalue weighted by Gasteiger charge is -2.41. The van der Waals surface area contributed by atoms with E-state index in [-0.39, 0.29) is 13.2 Å². The fourth-order valence-corrected chi connectivity index (χ4v) is 1.67. The summed E-state index contributed by atoms with van der Waals surface area (Å²) in [7, 11) is 0. The highest BCUT2D eigenvalue weighted by Crippen LogP contribution is 2.23. The van der Waals surface area contributed by atoms with Gasteiger partial charge in [-0.05, 0) is 5.53 Å². The van der Waals surface area contributed by atoms with E-state index in [2.05, 4.69) is 10.0 Å². The van der Waals surface area contributed by atoms with Crippen molar-refractivity contribution in [2.24, 2.45) is 5.11 Å². The van der Waals surface area contributed by atoms with Crippen LogP contribution in [0.1, 0.15) is 0 Å². The van der Waals surface area contributed by atoms with Crippen molar-refractivity contribution in [1.29, 1.82) is 0 Å². The predicted octanol–water partition coefficient (Wildman–Crippen LogP) is -2.50. The predicted molar refractivity (Wildman–Crippen MR) is 53.8 cm³/mol. The third kappa shape index (κ3) is 3.05. The molecule has 9 heteroatoms. The summed E-state index contributed by atoms with van der Waals surface area (Å²) < 4.78 is 5.00. The van der Waals surface area contributed by atoms with Gasteiger partial charge in [0.2, 0.25) is 0 Å². The number of hydrogen-bond acceptors (Lipinski definition) is 7. The second kappa shape index (κ2) is 6.12. The first-order valence-corrected chi connectivity index (χ1v) is 5.03. The SMILES string of the molecule is [N-]=[N+]=NCCOC1[C@@H](O)[C@H](O)C(O)[C@@H](O)[C@H]1O. The zero-order valence-electron chi connectivity index (χ0n) is 8.86. The van der Waals surface area contributed by atoms with E-state index in [0.717, 1.165) is 0 Å². The fourth-order valence-electron chi connectivity index (χ4n) is 1.67. The average molecular weight is 249 g/mol. The Bertz CT molecular complexity index is 281. The summed E-state index contributed by atoms with van der Waals surface area (Å²) in [6.07, 6.45) is -9.19. The van der Waals surface area contributed by atoms with E-state index < -0.39 is 36.6 Å². The molecule has 0 heterocycles. The lowest BCUT2D eigenvalue weighted by molar-refractivity contribution is -0.234. The molecule has 98 valence electrons. The van der Waals surface area contributed by atoms with Crippen molar-refractivity contribution in [2.45, 2.75) is 36.6 Å². The van der Waals surface area contributed by atoms with Gasteiger partial charge in [-0.1, -0.05) is 5.11 Å². The quantitative estimate of drug-likeness (QED) is 0.160. The van der Waals surface area contributed by atoms with Crippen molar-refractivity contribution >= 4 is 0 Å². The molecule has 0 radical (unpaired) electrons. The van der Waals surface area contributed by atoms with Gasteiger partial charge in [-0.3, -0.25) is 0 Å². The Kier molecular flexibility index (Phi) is 5.09. The van der Waals surface area contributed by atoms with Crippen LogP contribution in [-0.4, -0.2) is 75.3 Å². The lowest BCUT2D eigenvalue weighted by Crippen LogP contribution is -2.64. The summed E-state index contributed by atoms with van der Waals surface area (Å²) in [5.41, 5.74) is 8.02. The zero-order valence-corrected chi connectivity index (χ0v) is 8.86. The first-order valence-electron chi connectivity index (χ1n) is 5.03. The van der Waals surface area contributed by atoms with Crippen molar-refractivity contribution in [1.82, 2.24) is 0 Å². The molecule has 17 heavy (non-hydrogen) atoms. The number of ether oxygens (including phenoxy) is 1. The van der Waals surface area contributed by atoms with Gasteiger partial charge in [-0.2, -0.15) is 0 Å². The molecule has 0 bridgehead atoms. The number of hydrogen-bond donors (Lipinski definition) is 5. The molecule has 0 saturated heterocycles. The second-order valence-corrected chi connectivity index (χ2v) is 3.74. The van der Waals surface area contributed by atoms with E-state index in [4.69, 9.17) is 10.3 Å². The minimum absolute atomic E-state index is 0.0127. The van der Waals surface area contributed by atoms with Crippen LogP contribution in [0.5, 0.6) is 0 Å². The Morgan fingerprint density at radius 1 is 0.941 bits per heavy atom. The van der Waals surface area contributed by atoms with E-state index in [1.165, 1.54) is 0 Å². The fraction of sp³-hybridized carbons (Fsp3) is 1.00. The highest BCUT2D eigenvalue weighted by molar-refractivity contribution is 4.99. The summed E-state index contributed by atoms with van der Waals surface area (Å²) in [5, 5.41) is 50.3. The molecule has 1 rings (SSSR count). The molecule has 1 fully saturated rings. The maximum absolute atomic E-state index is 9.54. The molecule has 1 aliphatic carbocycles. The third-order valence-electron chi connectivity index (χ3n) is 2.64. The van der Waals surface area contributed by atoms with Crippen LogP contribution in [0, 0.1) is 0 Å². The van der Waals surface area contributed by atoms with E-state index in [1.807, 2.05) is 0 Å². The van der Waals surface area contributed by atoms with Gasteiger partial charge < -0.3 is 30.3 Å². The molecule has 0 spiro atoms.